The summed E-state index contributed by atoms with van der Waals surface area (Å²) in [5.74, 6) is -1.84. The number of carboxylic acid groups (broad SMARTS) is 2. The largest absolute Gasteiger partial charge is 0.550 e. The Balaban J connectivity index is 1.44. The van der Waals surface area contributed by atoms with Gasteiger partial charge >= 0.3 is 5.97 Å². The summed E-state index contributed by atoms with van der Waals surface area (Å²) < 4.78 is 3.51. The van der Waals surface area contributed by atoms with Crippen LogP contribution in [0.5, 0.6) is 0 Å². The molecule has 0 unspecified atom stereocenters. The number of fused-ring (bicyclic) bond motifs is 2. The number of carboxylic acids is 2. The van der Waals surface area contributed by atoms with Crippen molar-refractivity contribution >= 4 is 68.8 Å². The Morgan fingerprint density at radius 3 is 2.64 bits per heavy atom. The topological polar surface area (TPSA) is 109 Å². The number of thiazole rings is 1. The van der Waals surface area contributed by atoms with E-state index in [2.05, 4.69) is 113 Å². The van der Waals surface area contributed by atoms with Gasteiger partial charge in [-0.05, 0) is 62.4 Å². The van der Waals surface area contributed by atoms with Gasteiger partial charge in [0.25, 0.3) is 5.01 Å². The molecular formula is C34H40N4O4S3. The SMILES string of the molecule is CSc1ccc2sc(/C=C/C=C(C)/C=C/C=C3\Sc4ccc(C)cc4N3CCNCCC(=O)[O-])[n+](CCNCCC(=O)O)c2c1. The van der Waals surface area contributed by atoms with Gasteiger partial charge in [0.2, 0.25) is 5.52 Å². The number of aryl methyl sites for hydroxylation is 1. The van der Waals surface area contributed by atoms with Crippen molar-refractivity contribution in [3.63, 3.8) is 0 Å². The second kappa shape index (κ2) is 17.4. The first kappa shape index (κ1) is 34.5. The summed E-state index contributed by atoms with van der Waals surface area (Å²) >= 11 is 5.21. The third-order valence-electron chi connectivity index (χ3n) is 7.07. The van der Waals surface area contributed by atoms with Crippen LogP contribution in [0.2, 0.25) is 0 Å². The molecule has 0 spiro atoms. The van der Waals surface area contributed by atoms with Gasteiger partial charge in [0.15, 0.2) is 6.54 Å². The normalized spacial score (nSPS) is 14.4. The van der Waals surface area contributed by atoms with Crippen LogP contribution in [-0.2, 0) is 16.1 Å². The predicted molar refractivity (Wildman–Crippen MR) is 186 cm³/mol. The van der Waals surface area contributed by atoms with Crippen molar-refractivity contribution in [2.75, 3.05) is 43.9 Å². The van der Waals surface area contributed by atoms with Gasteiger partial charge in [-0.15, -0.1) is 11.8 Å². The number of nitrogens with zero attached hydrogens (tertiary/aromatic N) is 2. The van der Waals surface area contributed by atoms with E-state index >= 15 is 0 Å². The summed E-state index contributed by atoms with van der Waals surface area (Å²) in [4.78, 5) is 26.3. The fourth-order valence-electron chi connectivity index (χ4n) is 4.77. The molecule has 0 bridgehead atoms. The van der Waals surface area contributed by atoms with E-state index in [1.807, 2.05) is 0 Å². The Hall–Kier alpha value is -3.35. The summed E-state index contributed by atoms with van der Waals surface area (Å²) in [5, 5.41) is 28.4. The highest BCUT2D eigenvalue weighted by atomic mass is 32.2. The number of allylic oxidation sites excluding steroid dienone is 6. The Kier molecular flexibility index (Phi) is 13.3. The van der Waals surface area contributed by atoms with Crippen LogP contribution in [-0.4, -0.2) is 56.0 Å². The van der Waals surface area contributed by atoms with Crippen molar-refractivity contribution in [3.8, 4) is 0 Å². The van der Waals surface area contributed by atoms with Crippen LogP contribution in [0, 0.1) is 6.92 Å². The van der Waals surface area contributed by atoms with Crippen molar-refractivity contribution in [1.29, 1.82) is 0 Å². The number of hydrogen-bond acceptors (Lipinski definition) is 9. The van der Waals surface area contributed by atoms with Crippen molar-refractivity contribution in [2.24, 2.45) is 0 Å². The number of anilines is 1. The molecule has 2 heterocycles. The number of hydrogen-bond donors (Lipinski definition) is 3. The van der Waals surface area contributed by atoms with Crippen molar-refractivity contribution < 1.29 is 24.4 Å². The second-order valence-corrected chi connectivity index (χ2v) is 13.6. The second-order valence-electron chi connectivity index (χ2n) is 10.6. The minimum absolute atomic E-state index is 0.00357. The van der Waals surface area contributed by atoms with Gasteiger partial charge in [0.1, 0.15) is 4.70 Å². The Bertz CT molecular complexity index is 1630. The average Bonchev–Trinajstić information content (AvgIpc) is 3.52. The molecule has 0 radical (unpaired) electrons. The van der Waals surface area contributed by atoms with E-state index in [1.165, 1.54) is 31.3 Å². The lowest BCUT2D eigenvalue weighted by atomic mass is 10.2. The highest BCUT2D eigenvalue weighted by Crippen LogP contribution is 2.46. The molecule has 0 amide bonds. The van der Waals surface area contributed by atoms with Crippen molar-refractivity contribution in [3.05, 3.63) is 88.0 Å². The van der Waals surface area contributed by atoms with E-state index in [9.17, 15) is 14.7 Å². The van der Waals surface area contributed by atoms with Gasteiger partial charge in [-0.2, -0.15) is 4.57 Å². The predicted octanol–water partition coefficient (Wildman–Crippen LogP) is 4.98. The molecule has 8 nitrogen and oxygen atoms in total. The van der Waals surface area contributed by atoms with Crippen LogP contribution in [0.15, 0.2) is 87.2 Å². The van der Waals surface area contributed by atoms with Gasteiger partial charge in [-0.25, -0.2) is 0 Å². The molecule has 3 aromatic rings. The number of carbonyl (C=O) groups excluding carboxylic acids is 1. The number of thioether (sulfide) groups is 2. The number of rotatable bonds is 17. The van der Waals surface area contributed by atoms with Crippen molar-refractivity contribution in [1.82, 2.24) is 10.6 Å². The molecule has 0 aliphatic carbocycles. The van der Waals surface area contributed by atoms with E-state index < -0.39 is 11.9 Å². The molecule has 11 heteroatoms. The first-order chi connectivity index (χ1) is 21.7. The molecule has 0 atom stereocenters. The zero-order valence-electron chi connectivity index (χ0n) is 25.9. The molecule has 1 aromatic heterocycles. The number of nitrogens with one attached hydrogen (secondary N) is 2. The van der Waals surface area contributed by atoms with E-state index in [4.69, 9.17) is 5.11 Å². The molecule has 3 N–H and O–H groups in total. The zero-order valence-corrected chi connectivity index (χ0v) is 28.3. The maximum absolute atomic E-state index is 10.9. The molecule has 4 rings (SSSR count). The summed E-state index contributed by atoms with van der Waals surface area (Å²) in [6.07, 6.45) is 14.8. The average molecular weight is 665 g/mol. The third kappa shape index (κ3) is 10.3. The number of benzene rings is 2. The maximum atomic E-state index is 10.9. The lowest BCUT2D eigenvalue weighted by Gasteiger charge is -2.21. The van der Waals surface area contributed by atoms with Crippen LogP contribution < -0.4 is 25.2 Å². The molecule has 0 saturated carbocycles. The van der Waals surface area contributed by atoms with Crippen molar-refractivity contribution in [2.45, 2.75) is 43.0 Å². The van der Waals surface area contributed by atoms with E-state index in [0.29, 0.717) is 26.2 Å². The van der Waals surface area contributed by atoms with Crippen LogP contribution in [0.4, 0.5) is 5.69 Å². The first-order valence-corrected chi connectivity index (χ1v) is 17.7. The molecule has 0 saturated heterocycles. The standard InChI is InChI=1S/C34H40N4O4S3/c1-24(6-4-8-31-37(20-18-35-16-14-33(39)40)27-22-25(2)10-12-29(27)44-31)7-5-9-32-38(21-19-36-17-15-34(41)42)28-23-26(43-3)11-13-30(28)45-32/h4-13,22-23,35-36H,14-21H2,1-3H3,(H-,39,40,41,42). The molecule has 2 aromatic carbocycles. The lowest BCUT2D eigenvalue weighted by molar-refractivity contribution is -0.666. The molecule has 0 fully saturated rings. The van der Waals surface area contributed by atoms with Crippen LogP contribution in [0.1, 0.15) is 30.3 Å². The summed E-state index contributed by atoms with van der Waals surface area (Å²) in [6.45, 7) is 7.85. The Morgan fingerprint density at radius 1 is 1.07 bits per heavy atom. The van der Waals surface area contributed by atoms with Gasteiger partial charge < -0.3 is 30.5 Å². The van der Waals surface area contributed by atoms with Gasteiger partial charge in [-0.3, -0.25) is 4.79 Å². The lowest BCUT2D eigenvalue weighted by Crippen LogP contribution is -2.40. The molecule has 1 aliphatic heterocycles. The molecule has 1 aliphatic rings. The van der Waals surface area contributed by atoms with E-state index in [1.54, 1.807) is 34.9 Å². The number of aromatic nitrogens is 1. The smallest absolute Gasteiger partial charge is 0.304 e. The van der Waals surface area contributed by atoms with E-state index in [-0.39, 0.29) is 12.8 Å². The third-order valence-corrected chi connectivity index (χ3v) is 10.1. The van der Waals surface area contributed by atoms with Gasteiger partial charge in [0, 0.05) is 54.1 Å². The van der Waals surface area contributed by atoms with Crippen LogP contribution in [0.3, 0.4) is 0 Å². The maximum Gasteiger partial charge on any atom is 0.304 e. The summed E-state index contributed by atoms with van der Waals surface area (Å²) in [7, 11) is 0. The fourth-order valence-corrected chi connectivity index (χ4v) is 7.36. The van der Waals surface area contributed by atoms with Gasteiger partial charge in [0.05, 0.1) is 23.7 Å². The van der Waals surface area contributed by atoms with Gasteiger partial charge in [-0.1, -0.05) is 59.0 Å². The Morgan fingerprint density at radius 2 is 1.87 bits per heavy atom. The minimum atomic E-state index is -1.04. The highest BCUT2D eigenvalue weighted by Gasteiger charge is 2.24. The van der Waals surface area contributed by atoms with Crippen LogP contribution in [0.25, 0.3) is 16.3 Å². The summed E-state index contributed by atoms with van der Waals surface area (Å²) in [6, 6.07) is 13.0. The molecule has 238 valence electrons. The van der Waals surface area contributed by atoms with Crippen LogP contribution >= 0.6 is 34.9 Å². The number of carbonyl (C=O) groups is 2. The highest BCUT2D eigenvalue weighted by molar-refractivity contribution is 8.03. The summed E-state index contributed by atoms with van der Waals surface area (Å²) in [5.41, 5.74) is 4.67. The Labute approximate surface area is 277 Å². The monoisotopic (exact) mass is 664 g/mol. The fraction of sp³-hybridized carbons (Fsp3) is 0.324. The minimum Gasteiger partial charge on any atom is -0.550 e. The number of aliphatic carboxylic acids is 2. The zero-order chi connectivity index (χ0) is 32.2. The quantitative estimate of drug-likeness (QED) is 0.0797. The molecular weight excluding hydrogens is 625 g/mol. The first-order valence-electron chi connectivity index (χ1n) is 14.9. The van der Waals surface area contributed by atoms with E-state index in [0.717, 1.165) is 28.7 Å². The molecule has 45 heavy (non-hydrogen) atoms.